The molecule has 1 aromatic carbocycles. The zero-order valence-electron chi connectivity index (χ0n) is 17.5. The number of rotatable bonds is 4. The zero-order chi connectivity index (χ0) is 22.4. The van der Waals surface area contributed by atoms with Gasteiger partial charge in [-0.2, -0.15) is 4.57 Å². The van der Waals surface area contributed by atoms with Crippen LogP contribution in [0, 0.1) is 0 Å². The highest BCUT2D eigenvalue weighted by atomic mass is 79.9. The molecule has 0 bridgehead atoms. The number of hydrogen-bond acceptors (Lipinski definition) is 6. The molecule has 0 atom stereocenters. The summed E-state index contributed by atoms with van der Waals surface area (Å²) in [5.41, 5.74) is 1.14. The van der Waals surface area contributed by atoms with E-state index in [0.29, 0.717) is 11.6 Å². The van der Waals surface area contributed by atoms with Crippen LogP contribution in [0.5, 0.6) is 0 Å². The third-order valence-corrected chi connectivity index (χ3v) is 10.3. The van der Waals surface area contributed by atoms with Gasteiger partial charge < -0.3 is 17.3 Å². The SMILES string of the molecule is CCn1c(=Cc2scc[n+]2Cc2ccc(Br)s2)sc(=C2Sc3cc(Cl)ccc3N2C)c1=O.[Cl-]. The first kappa shape index (κ1) is 25.0. The van der Waals surface area contributed by atoms with Gasteiger partial charge in [-0.15, -0.1) is 22.7 Å². The fraction of sp³-hybridized carbons (Fsp3) is 0.182. The van der Waals surface area contributed by atoms with Crippen molar-refractivity contribution in [3.63, 3.8) is 0 Å². The summed E-state index contributed by atoms with van der Waals surface area (Å²) < 4.78 is 6.96. The van der Waals surface area contributed by atoms with Crippen LogP contribution in [-0.2, 0) is 13.1 Å². The highest BCUT2D eigenvalue weighted by Crippen LogP contribution is 2.46. The van der Waals surface area contributed by atoms with Gasteiger partial charge in [-0.05, 0) is 53.2 Å². The van der Waals surface area contributed by atoms with E-state index in [2.05, 4.69) is 55.2 Å². The summed E-state index contributed by atoms with van der Waals surface area (Å²) in [6.45, 7) is 3.46. The van der Waals surface area contributed by atoms with Crippen LogP contribution in [0.25, 0.3) is 11.1 Å². The van der Waals surface area contributed by atoms with Crippen LogP contribution in [-0.4, -0.2) is 11.6 Å². The van der Waals surface area contributed by atoms with Gasteiger partial charge in [-0.1, -0.05) is 34.7 Å². The van der Waals surface area contributed by atoms with Gasteiger partial charge in [0.1, 0.15) is 14.2 Å². The van der Waals surface area contributed by atoms with Crippen molar-refractivity contribution in [3.05, 3.63) is 80.2 Å². The molecule has 0 amide bonds. The number of fused-ring (bicyclic) bond motifs is 1. The highest BCUT2D eigenvalue weighted by molar-refractivity contribution is 9.11. The molecule has 1 aliphatic heterocycles. The zero-order valence-corrected chi connectivity index (χ0v) is 23.9. The van der Waals surface area contributed by atoms with Crippen LogP contribution >= 0.6 is 73.3 Å². The fourth-order valence-corrected chi connectivity index (χ4v) is 8.64. The number of thiophene rings is 1. The normalized spacial score (nSPS) is 15.2. The second-order valence-corrected chi connectivity index (χ2v) is 13.1. The molecule has 1 aliphatic rings. The van der Waals surface area contributed by atoms with Crippen molar-refractivity contribution in [1.29, 1.82) is 0 Å². The lowest BCUT2D eigenvalue weighted by atomic mass is 10.3. The first-order chi connectivity index (χ1) is 15.4. The summed E-state index contributed by atoms with van der Waals surface area (Å²) in [4.78, 5) is 17.8. The van der Waals surface area contributed by atoms with E-state index in [0.717, 1.165) is 40.1 Å². The van der Waals surface area contributed by atoms with Crippen molar-refractivity contribution < 1.29 is 17.0 Å². The van der Waals surface area contributed by atoms with Crippen molar-refractivity contribution in [2.45, 2.75) is 24.9 Å². The van der Waals surface area contributed by atoms with Gasteiger partial charge in [0.15, 0.2) is 12.7 Å². The van der Waals surface area contributed by atoms with Crippen LogP contribution in [0.4, 0.5) is 5.69 Å². The van der Waals surface area contributed by atoms with Crippen LogP contribution in [0.3, 0.4) is 0 Å². The third-order valence-electron chi connectivity index (χ3n) is 5.13. The second-order valence-electron chi connectivity index (χ2n) is 7.12. The van der Waals surface area contributed by atoms with Gasteiger partial charge in [0, 0.05) is 23.5 Å². The molecule has 3 aromatic heterocycles. The fourth-order valence-electron chi connectivity index (χ4n) is 3.57. The van der Waals surface area contributed by atoms with Gasteiger partial charge in [-0.3, -0.25) is 9.36 Å². The molecule has 172 valence electrons. The Morgan fingerprint density at radius 1 is 1.21 bits per heavy atom. The third kappa shape index (κ3) is 4.87. The summed E-state index contributed by atoms with van der Waals surface area (Å²) >= 11 is 16.3. The average Bonchev–Trinajstić information content (AvgIpc) is 3.51. The Kier molecular flexibility index (Phi) is 7.79. The Hall–Kier alpha value is -1.07. The number of anilines is 1. The monoisotopic (exact) mass is 617 g/mol. The van der Waals surface area contributed by atoms with Gasteiger partial charge in [0.25, 0.3) is 10.6 Å². The number of thioether (sulfide) groups is 1. The van der Waals surface area contributed by atoms with E-state index in [1.807, 2.05) is 36.7 Å². The second kappa shape index (κ2) is 10.3. The topological polar surface area (TPSA) is 29.1 Å². The lowest BCUT2D eigenvalue weighted by Crippen LogP contribution is -3.00. The molecule has 5 rings (SSSR count). The maximum atomic E-state index is 13.3. The summed E-state index contributed by atoms with van der Waals surface area (Å²) in [6, 6.07) is 10.1. The molecule has 11 heteroatoms. The van der Waals surface area contributed by atoms with Crippen molar-refractivity contribution in [2.75, 3.05) is 11.9 Å². The molecule has 0 fully saturated rings. The molecular weight excluding hydrogens is 601 g/mol. The van der Waals surface area contributed by atoms with Crippen LogP contribution in [0.15, 0.2) is 55.4 Å². The largest absolute Gasteiger partial charge is 1.00 e. The number of nitrogens with zero attached hydrogens (tertiary/aromatic N) is 3. The Bertz CT molecular complexity index is 1500. The van der Waals surface area contributed by atoms with Crippen LogP contribution in [0.1, 0.15) is 16.8 Å². The molecule has 0 N–H and O–H groups in total. The first-order valence-corrected chi connectivity index (χ1v) is 14.3. The number of benzene rings is 1. The maximum Gasteiger partial charge on any atom is 0.271 e. The molecular formula is C22H18BrCl2N3OS4. The number of hydrogen-bond donors (Lipinski definition) is 0. The molecule has 4 nitrogen and oxygen atoms in total. The van der Waals surface area contributed by atoms with Gasteiger partial charge in [0.05, 0.1) is 25.8 Å². The number of thiazole rings is 2. The summed E-state index contributed by atoms with van der Waals surface area (Å²) in [6.07, 6.45) is 4.24. The molecule has 0 aliphatic carbocycles. The smallest absolute Gasteiger partial charge is 0.271 e. The van der Waals surface area contributed by atoms with Crippen molar-refractivity contribution in [1.82, 2.24) is 4.57 Å². The molecule has 0 radical (unpaired) electrons. The summed E-state index contributed by atoms with van der Waals surface area (Å²) in [5, 5.41) is 4.88. The first-order valence-electron chi connectivity index (χ1n) is 9.82. The molecule has 0 saturated heterocycles. The van der Waals surface area contributed by atoms with Crippen molar-refractivity contribution >= 4 is 90.1 Å². The molecule has 33 heavy (non-hydrogen) atoms. The minimum atomic E-state index is 0. The molecule has 4 aromatic rings. The van der Waals surface area contributed by atoms with E-state index in [9.17, 15) is 4.79 Å². The lowest BCUT2D eigenvalue weighted by molar-refractivity contribution is -0.684. The minimum absolute atomic E-state index is 0. The van der Waals surface area contributed by atoms with Crippen LogP contribution in [0.2, 0.25) is 5.02 Å². The van der Waals surface area contributed by atoms with Gasteiger partial charge in [-0.25, -0.2) is 0 Å². The van der Waals surface area contributed by atoms with E-state index in [-0.39, 0.29) is 18.0 Å². The Balaban J connectivity index is 0.00000259. The molecule has 0 unspecified atom stereocenters. The maximum absolute atomic E-state index is 13.3. The average molecular weight is 619 g/mol. The Morgan fingerprint density at radius 2 is 2.03 bits per heavy atom. The number of aromatic nitrogens is 2. The van der Waals surface area contributed by atoms with Crippen molar-refractivity contribution in [3.8, 4) is 0 Å². The predicted octanol–water partition coefficient (Wildman–Crippen LogP) is 1.95. The predicted molar refractivity (Wildman–Crippen MR) is 142 cm³/mol. The molecule has 0 saturated carbocycles. The van der Waals surface area contributed by atoms with Gasteiger partial charge in [0.2, 0.25) is 0 Å². The highest BCUT2D eigenvalue weighted by Gasteiger charge is 2.25. The van der Waals surface area contributed by atoms with E-state index in [1.54, 1.807) is 45.8 Å². The lowest BCUT2D eigenvalue weighted by Gasteiger charge is -2.12. The summed E-state index contributed by atoms with van der Waals surface area (Å²) in [7, 11) is 2.01. The van der Waals surface area contributed by atoms with E-state index < -0.39 is 0 Å². The standard InChI is InChI=1S/C22H18BrClN3OS4.ClH/c1-3-27-19(11-18-26(8-9-29-18)12-14-5-7-17(23)30-14)32-20(21(27)28)22-25(2)15-6-4-13(24)10-16(15)31-22;/h4-11H,3,12H2,1-2H3;1H/q+1;/p-1. The Labute approximate surface area is 227 Å². The number of halogens is 3. The van der Waals surface area contributed by atoms with Crippen LogP contribution < -0.4 is 36.6 Å². The minimum Gasteiger partial charge on any atom is -1.00 e. The Morgan fingerprint density at radius 3 is 2.76 bits per heavy atom. The van der Waals surface area contributed by atoms with Gasteiger partial charge >= 0.3 is 0 Å². The quantitative estimate of drug-likeness (QED) is 0.328. The van der Waals surface area contributed by atoms with Crippen molar-refractivity contribution in [2.24, 2.45) is 0 Å². The molecule has 4 heterocycles. The van der Waals surface area contributed by atoms with E-state index >= 15 is 0 Å². The van der Waals surface area contributed by atoms with E-state index in [4.69, 9.17) is 11.6 Å². The van der Waals surface area contributed by atoms with E-state index in [1.165, 1.54) is 4.88 Å². The molecule has 0 spiro atoms. The summed E-state index contributed by atoms with van der Waals surface area (Å²) in [5.74, 6) is 0.